The second-order valence-corrected chi connectivity index (χ2v) is 8.74. The highest BCUT2D eigenvalue weighted by Crippen LogP contribution is 2.23. The fourth-order valence-electron chi connectivity index (χ4n) is 3.50. The molecular formula is C24H22ClN5O2S. The van der Waals surface area contributed by atoms with Crippen molar-refractivity contribution in [3.8, 4) is 0 Å². The number of rotatable bonds is 8. The number of aromatic nitrogens is 4. The minimum absolute atomic E-state index is 0.0728. The van der Waals surface area contributed by atoms with Crippen LogP contribution >= 0.6 is 23.4 Å². The molecule has 1 amide bonds. The maximum absolute atomic E-state index is 13.0. The van der Waals surface area contributed by atoms with Gasteiger partial charge in [-0.2, -0.15) is 0 Å². The Hall–Kier alpha value is -3.36. The quantitative estimate of drug-likeness (QED) is 0.235. The van der Waals surface area contributed by atoms with Crippen LogP contribution in [-0.4, -0.2) is 30.8 Å². The molecule has 0 saturated carbocycles. The molecule has 0 aliphatic heterocycles. The third kappa shape index (κ3) is 5.02. The number of carbonyl (C=O) groups is 1. The zero-order valence-corrected chi connectivity index (χ0v) is 19.5. The normalized spacial score (nSPS) is 11.9. The molecule has 9 heteroatoms. The maximum atomic E-state index is 13.0. The summed E-state index contributed by atoms with van der Waals surface area (Å²) in [5.74, 6) is 0.590. The van der Waals surface area contributed by atoms with Gasteiger partial charge >= 0.3 is 0 Å². The van der Waals surface area contributed by atoms with E-state index in [1.807, 2.05) is 48.1 Å². The first-order chi connectivity index (χ1) is 16.0. The highest BCUT2D eigenvalue weighted by atomic mass is 35.5. The van der Waals surface area contributed by atoms with E-state index in [4.69, 9.17) is 11.6 Å². The van der Waals surface area contributed by atoms with Crippen molar-refractivity contribution in [2.75, 3.05) is 5.75 Å². The van der Waals surface area contributed by atoms with Crippen molar-refractivity contribution in [1.29, 1.82) is 0 Å². The molecule has 33 heavy (non-hydrogen) atoms. The first kappa shape index (κ1) is 22.8. The van der Waals surface area contributed by atoms with Crippen molar-refractivity contribution < 1.29 is 4.79 Å². The molecule has 0 fully saturated rings. The number of allylic oxidation sites excluding steroid dienone is 1. The topological polar surface area (TPSA) is 81.8 Å². The Bertz CT molecular complexity index is 1370. The Kier molecular flexibility index (Phi) is 6.96. The zero-order chi connectivity index (χ0) is 23.4. The number of benzene rings is 2. The van der Waals surface area contributed by atoms with Crippen LogP contribution in [0.2, 0.25) is 5.02 Å². The molecule has 2 heterocycles. The molecule has 7 nitrogen and oxygen atoms in total. The Morgan fingerprint density at radius 1 is 1.27 bits per heavy atom. The van der Waals surface area contributed by atoms with Crippen molar-refractivity contribution in [3.05, 3.63) is 100 Å². The van der Waals surface area contributed by atoms with E-state index < -0.39 is 6.04 Å². The Morgan fingerprint density at radius 3 is 2.76 bits per heavy atom. The van der Waals surface area contributed by atoms with Crippen molar-refractivity contribution in [2.24, 2.45) is 7.05 Å². The van der Waals surface area contributed by atoms with Crippen LogP contribution in [0.25, 0.3) is 10.9 Å². The van der Waals surface area contributed by atoms with Crippen LogP contribution in [0, 0.1) is 0 Å². The van der Waals surface area contributed by atoms with E-state index in [1.165, 1.54) is 16.3 Å². The van der Waals surface area contributed by atoms with Crippen LogP contribution in [0.15, 0.2) is 83.5 Å². The van der Waals surface area contributed by atoms with Crippen LogP contribution < -0.4 is 10.9 Å². The van der Waals surface area contributed by atoms with Gasteiger partial charge in [0.05, 0.1) is 16.7 Å². The minimum Gasteiger partial charge on any atom is -0.341 e. The van der Waals surface area contributed by atoms with Crippen LogP contribution in [0.5, 0.6) is 0 Å². The number of fused-ring (bicyclic) bond motifs is 1. The lowest BCUT2D eigenvalue weighted by molar-refractivity contribution is -0.119. The van der Waals surface area contributed by atoms with E-state index in [-0.39, 0.29) is 23.8 Å². The molecule has 1 N–H and O–H groups in total. The Morgan fingerprint density at radius 2 is 2.06 bits per heavy atom. The number of aryl methyl sites for hydroxylation is 1. The summed E-state index contributed by atoms with van der Waals surface area (Å²) in [6.45, 7) is 4.02. The molecule has 0 aliphatic rings. The van der Waals surface area contributed by atoms with Gasteiger partial charge < -0.3 is 9.88 Å². The van der Waals surface area contributed by atoms with Gasteiger partial charge in [0, 0.05) is 31.0 Å². The van der Waals surface area contributed by atoms with Gasteiger partial charge in [0.15, 0.2) is 5.16 Å². The highest BCUT2D eigenvalue weighted by Gasteiger charge is 2.21. The molecule has 2 aromatic carbocycles. The average molecular weight is 480 g/mol. The fraction of sp³-hybridized carbons (Fsp3) is 0.167. The molecule has 0 radical (unpaired) electrons. The number of halogens is 1. The van der Waals surface area contributed by atoms with Gasteiger partial charge in [-0.3, -0.25) is 14.2 Å². The summed E-state index contributed by atoms with van der Waals surface area (Å²) in [6.07, 6.45) is 5.16. The van der Waals surface area contributed by atoms with Crippen LogP contribution in [0.3, 0.4) is 0 Å². The number of amides is 1. The summed E-state index contributed by atoms with van der Waals surface area (Å²) < 4.78 is 3.39. The van der Waals surface area contributed by atoms with Crippen molar-refractivity contribution in [3.63, 3.8) is 0 Å². The first-order valence-corrected chi connectivity index (χ1v) is 11.6. The number of imidazole rings is 1. The number of hydrogen-bond donors (Lipinski definition) is 1. The van der Waals surface area contributed by atoms with E-state index in [0.29, 0.717) is 21.1 Å². The number of nitrogens with one attached hydrogen (secondary N) is 1. The van der Waals surface area contributed by atoms with E-state index in [2.05, 4.69) is 21.9 Å². The highest BCUT2D eigenvalue weighted by molar-refractivity contribution is 7.99. The van der Waals surface area contributed by atoms with Gasteiger partial charge in [-0.05, 0) is 23.8 Å². The lowest BCUT2D eigenvalue weighted by atomic mass is 10.1. The predicted molar refractivity (Wildman–Crippen MR) is 132 cm³/mol. The summed E-state index contributed by atoms with van der Waals surface area (Å²) >= 11 is 7.28. The monoisotopic (exact) mass is 479 g/mol. The number of nitrogens with zero attached hydrogens (tertiary/aromatic N) is 4. The Labute approximate surface area is 200 Å². The molecule has 168 valence electrons. The van der Waals surface area contributed by atoms with Crippen LogP contribution in [0.4, 0.5) is 0 Å². The van der Waals surface area contributed by atoms with Crippen molar-refractivity contribution in [2.45, 2.75) is 17.7 Å². The molecule has 0 aliphatic carbocycles. The van der Waals surface area contributed by atoms with E-state index in [1.54, 1.807) is 30.5 Å². The van der Waals surface area contributed by atoms with Crippen LogP contribution in [0.1, 0.15) is 17.4 Å². The second kappa shape index (κ2) is 10.1. The van der Waals surface area contributed by atoms with E-state index in [0.717, 1.165) is 11.4 Å². The molecule has 4 rings (SSSR count). The molecular weight excluding hydrogens is 458 g/mol. The van der Waals surface area contributed by atoms with Gasteiger partial charge in [0.1, 0.15) is 11.9 Å². The standard InChI is InChI=1S/C24H22ClN5O2S/c1-3-12-30-23(32)18-10-9-17(25)14-19(18)27-24(30)33-15-20(31)28-21(16-7-5-4-6-8-16)22-26-11-13-29(22)2/h3-11,13-14,21H,1,12,15H2,2H3,(H,28,31). The number of hydrogen-bond acceptors (Lipinski definition) is 5. The molecule has 4 aromatic rings. The second-order valence-electron chi connectivity index (χ2n) is 7.36. The lowest BCUT2D eigenvalue weighted by Gasteiger charge is -2.19. The summed E-state index contributed by atoms with van der Waals surface area (Å²) in [4.78, 5) is 34.9. The Balaban J connectivity index is 1.59. The molecule has 0 bridgehead atoms. The summed E-state index contributed by atoms with van der Waals surface area (Å²) in [7, 11) is 1.89. The smallest absolute Gasteiger partial charge is 0.262 e. The van der Waals surface area contributed by atoms with Gasteiger partial charge in [-0.15, -0.1) is 6.58 Å². The zero-order valence-electron chi connectivity index (χ0n) is 17.9. The third-order valence-corrected chi connectivity index (χ3v) is 6.29. The molecule has 1 atom stereocenters. The van der Waals surface area contributed by atoms with E-state index in [9.17, 15) is 9.59 Å². The van der Waals surface area contributed by atoms with Gasteiger partial charge in [0.25, 0.3) is 5.56 Å². The molecule has 1 unspecified atom stereocenters. The number of thioether (sulfide) groups is 1. The van der Waals surface area contributed by atoms with Crippen molar-refractivity contribution >= 4 is 40.2 Å². The minimum atomic E-state index is -0.405. The van der Waals surface area contributed by atoms with Crippen LogP contribution in [-0.2, 0) is 18.4 Å². The summed E-state index contributed by atoms with van der Waals surface area (Å²) in [5, 5.41) is 4.45. The van der Waals surface area contributed by atoms with Gasteiger partial charge in [-0.1, -0.05) is 59.8 Å². The molecule has 0 saturated heterocycles. The number of carbonyl (C=O) groups excluding carboxylic acids is 1. The van der Waals surface area contributed by atoms with Gasteiger partial charge in [-0.25, -0.2) is 9.97 Å². The largest absolute Gasteiger partial charge is 0.341 e. The van der Waals surface area contributed by atoms with Crippen molar-refractivity contribution in [1.82, 2.24) is 24.4 Å². The first-order valence-electron chi connectivity index (χ1n) is 10.2. The van der Waals surface area contributed by atoms with E-state index >= 15 is 0 Å². The molecule has 0 spiro atoms. The van der Waals surface area contributed by atoms with Gasteiger partial charge in [0.2, 0.25) is 5.91 Å². The molecule has 2 aromatic heterocycles. The summed E-state index contributed by atoms with van der Waals surface area (Å²) in [5.41, 5.74) is 1.22. The lowest BCUT2D eigenvalue weighted by Crippen LogP contribution is -2.32. The summed E-state index contributed by atoms with van der Waals surface area (Å²) in [6, 6.07) is 14.2. The fourth-order valence-corrected chi connectivity index (χ4v) is 4.49. The SMILES string of the molecule is C=CCn1c(SCC(=O)NC(c2ccccc2)c2nccn2C)nc2cc(Cl)ccc2c1=O. The average Bonchev–Trinajstić information content (AvgIpc) is 3.24. The third-order valence-electron chi connectivity index (χ3n) is 5.08. The predicted octanol–water partition coefficient (Wildman–Crippen LogP) is 3.97. The maximum Gasteiger partial charge on any atom is 0.262 e.